The Bertz CT molecular complexity index is 903. The van der Waals surface area contributed by atoms with Gasteiger partial charge < -0.3 is 4.90 Å². The predicted octanol–water partition coefficient (Wildman–Crippen LogP) is 3.60. The molecule has 3 rings (SSSR count). The molecule has 0 aromatic heterocycles. The van der Waals surface area contributed by atoms with Crippen LogP contribution in [0.5, 0.6) is 0 Å². The number of benzene rings is 2. The number of hydrogen-bond acceptors (Lipinski definition) is 5. The van der Waals surface area contributed by atoms with Crippen LogP contribution >= 0.6 is 0 Å². The molecule has 2 aromatic carbocycles. The summed E-state index contributed by atoms with van der Waals surface area (Å²) in [6.45, 7) is 6.14. The number of aryl methyl sites for hydroxylation is 1. The zero-order valence-electron chi connectivity index (χ0n) is 17.3. The summed E-state index contributed by atoms with van der Waals surface area (Å²) in [6, 6.07) is 14.0. The van der Waals surface area contributed by atoms with E-state index in [-0.39, 0.29) is 23.8 Å². The number of hydrogen-bond donors (Lipinski definition) is 0. The maximum Gasteiger partial charge on any atom is 0.269 e. The van der Waals surface area contributed by atoms with Crippen molar-refractivity contribution < 1.29 is 14.5 Å². The van der Waals surface area contributed by atoms with Gasteiger partial charge in [0.1, 0.15) is 0 Å². The van der Waals surface area contributed by atoms with Crippen LogP contribution in [0.4, 0.5) is 5.69 Å². The van der Waals surface area contributed by atoms with E-state index in [0.717, 1.165) is 19.6 Å². The van der Waals surface area contributed by atoms with E-state index in [9.17, 15) is 19.7 Å². The van der Waals surface area contributed by atoms with Crippen molar-refractivity contribution in [3.05, 3.63) is 75.3 Å². The quantitative estimate of drug-likeness (QED) is 0.378. The van der Waals surface area contributed by atoms with E-state index >= 15 is 0 Å². The van der Waals surface area contributed by atoms with Crippen molar-refractivity contribution >= 4 is 17.4 Å². The molecule has 0 aliphatic carbocycles. The molecule has 2 aromatic rings. The Morgan fingerprint density at radius 3 is 2.27 bits per heavy atom. The van der Waals surface area contributed by atoms with Crippen molar-refractivity contribution in [3.63, 3.8) is 0 Å². The number of carbonyl (C=O) groups is 2. The van der Waals surface area contributed by atoms with Gasteiger partial charge in [-0.15, -0.1) is 0 Å². The van der Waals surface area contributed by atoms with E-state index in [2.05, 4.69) is 30.0 Å². The molecule has 30 heavy (non-hydrogen) atoms. The minimum atomic E-state index is -0.492. The highest BCUT2D eigenvalue weighted by Crippen LogP contribution is 2.16. The highest BCUT2D eigenvalue weighted by atomic mass is 16.6. The summed E-state index contributed by atoms with van der Waals surface area (Å²) in [5.41, 5.74) is 3.01. The van der Waals surface area contributed by atoms with Gasteiger partial charge in [0.15, 0.2) is 5.78 Å². The van der Waals surface area contributed by atoms with Crippen LogP contribution < -0.4 is 0 Å². The molecule has 1 saturated heterocycles. The number of amides is 1. The van der Waals surface area contributed by atoms with Crippen LogP contribution in [0.25, 0.3) is 0 Å². The minimum Gasteiger partial charge on any atom is -0.340 e. The van der Waals surface area contributed by atoms with E-state index < -0.39 is 4.92 Å². The van der Waals surface area contributed by atoms with Crippen molar-refractivity contribution in [2.45, 2.75) is 32.7 Å². The zero-order valence-corrected chi connectivity index (χ0v) is 17.3. The lowest BCUT2D eigenvalue weighted by molar-refractivity contribution is -0.384. The van der Waals surface area contributed by atoms with E-state index in [0.29, 0.717) is 31.5 Å². The Labute approximate surface area is 176 Å². The number of piperazine rings is 1. The fraction of sp³-hybridized carbons (Fsp3) is 0.391. The molecule has 0 saturated carbocycles. The van der Waals surface area contributed by atoms with Crippen molar-refractivity contribution in [3.8, 4) is 0 Å². The molecule has 1 aliphatic heterocycles. The summed E-state index contributed by atoms with van der Waals surface area (Å²) >= 11 is 0. The lowest BCUT2D eigenvalue weighted by atomic mass is 10.0. The molecule has 0 unspecified atom stereocenters. The highest BCUT2D eigenvalue weighted by Gasteiger charge is 2.21. The molecule has 0 bridgehead atoms. The van der Waals surface area contributed by atoms with Gasteiger partial charge in [0.25, 0.3) is 5.69 Å². The summed E-state index contributed by atoms with van der Waals surface area (Å²) in [5, 5.41) is 10.7. The summed E-state index contributed by atoms with van der Waals surface area (Å²) in [6.07, 6.45) is 1.09. The van der Waals surface area contributed by atoms with E-state index in [1.165, 1.54) is 35.4 Å². The summed E-state index contributed by atoms with van der Waals surface area (Å²) in [4.78, 5) is 39.1. The van der Waals surface area contributed by atoms with E-state index in [1.54, 1.807) is 0 Å². The van der Waals surface area contributed by atoms with Crippen LogP contribution in [0, 0.1) is 17.0 Å². The topological polar surface area (TPSA) is 83.8 Å². The zero-order chi connectivity index (χ0) is 21.5. The van der Waals surface area contributed by atoms with Gasteiger partial charge in [-0.3, -0.25) is 24.6 Å². The second-order valence-corrected chi connectivity index (χ2v) is 7.66. The molecule has 1 aliphatic rings. The molecule has 0 atom stereocenters. The van der Waals surface area contributed by atoms with Crippen LogP contribution in [-0.4, -0.2) is 52.6 Å². The third kappa shape index (κ3) is 5.73. The van der Waals surface area contributed by atoms with Gasteiger partial charge in [-0.05, 0) is 36.6 Å². The third-order valence-corrected chi connectivity index (χ3v) is 5.57. The first-order valence-electron chi connectivity index (χ1n) is 10.3. The SMILES string of the molecule is Cc1ccccc1CN1CCN(C(=O)CCCC(=O)c2ccc([N+](=O)[O-])cc2)CC1. The fourth-order valence-corrected chi connectivity index (χ4v) is 3.66. The van der Waals surface area contributed by atoms with Crippen molar-refractivity contribution in [1.29, 1.82) is 0 Å². The van der Waals surface area contributed by atoms with Crippen molar-refractivity contribution in [2.75, 3.05) is 26.2 Å². The molecular formula is C23H27N3O4. The normalized spacial score (nSPS) is 14.5. The van der Waals surface area contributed by atoms with Crippen LogP contribution in [0.15, 0.2) is 48.5 Å². The number of Topliss-reactive ketones (excluding diaryl/α,β-unsaturated/α-hetero) is 1. The molecule has 1 fully saturated rings. The molecule has 7 nitrogen and oxygen atoms in total. The Morgan fingerprint density at radius 1 is 0.967 bits per heavy atom. The first-order valence-corrected chi connectivity index (χ1v) is 10.3. The largest absolute Gasteiger partial charge is 0.340 e. The smallest absolute Gasteiger partial charge is 0.269 e. The average molecular weight is 409 g/mol. The first kappa shape index (κ1) is 21.6. The second-order valence-electron chi connectivity index (χ2n) is 7.66. The molecular weight excluding hydrogens is 382 g/mol. The summed E-state index contributed by atoms with van der Waals surface area (Å²) in [5.74, 6) is -0.0113. The van der Waals surface area contributed by atoms with Crippen LogP contribution in [-0.2, 0) is 11.3 Å². The number of rotatable bonds is 8. The van der Waals surface area contributed by atoms with Gasteiger partial charge in [0.05, 0.1) is 4.92 Å². The van der Waals surface area contributed by atoms with Gasteiger partial charge in [-0.2, -0.15) is 0 Å². The van der Waals surface area contributed by atoms with E-state index in [4.69, 9.17) is 0 Å². The van der Waals surface area contributed by atoms with Gasteiger partial charge in [0, 0.05) is 63.3 Å². The number of nitro groups is 1. The molecule has 158 valence electrons. The Kier molecular flexibility index (Phi) is 7.30. The van der Waals surface area contributed by atoms with E-state index in [1.807, 2.05) is 11.0 Å². The first-order chi connectivity index (χ1) is 14.4. The minimum absolute atomic E-state index is 0.0386. The number of nitro benzene ring substituents is 1. The van der Waals surface area contributed by atoms with Crippen molar-refractivity contribution in [1.82, 2.24) is 9.80 Å². The standard InChI is InChI=1S/C23H27N3O4/c1-18-5-2-3-6-20(18)17-24-13-15-25(16-14-24)23(28)8-4-7-22(27)19-9-11-21(12-10-19)26(29)30/h2-3,5-6,9-12H,4,7-8,13-17H2,1H3. The van der Waals surface area contributed by atoms with Crippen LogP contribution in [0.1, 0.15) is 40.7 Å². The number of non-ortho nitro benzene ring substituents is 1. The second kappa shape index (κ2) is 10.1. The Balaban J connectivity index is 1.39. The number of nitrogens with zero attached hydrogens (tertiary/aromatic N) is 3. The number of ketones is 1. The summed E-state index contributed by atoms with van der Waals surface area (Å²) < 4.78 is 0. The monoisotopic (exact) mass is 409 g/mol. The maximum absolute atomic E-state index is 12.5. The van der Waals surface area contributed by atoms with Gasteiger partial charge >= 0.3 is 0 Å². The molecule has 0 radical (unpaired) electrons. The molecule has 7 heteroatoms. The Hall–Kier alpha value is -3.06. The van der Waals surface area contributed by atoms with Gasteiger partial charge in [-0.25, -0.2) is 0 Å². The Morgan fingerprint density at radius 2 is 1.63 bits per heavy atom. The maximum atomic E-state index is 12.5. The molecule has 0 N–H and O–H groups in total. The number of carbonyl (C=O) groups excluding carboxylic acids is 2. The van der Waals surface area contributed by atoms with Gasteiger partial charge in [-0.1, -0.05) is 24.3 Å². The average Bonchev–Trinajstić information content (AvgIpc) is 2.75. The van der Waals surface area contributed by atoms with Crippen molar-refractivity contribution in [2.24, 2.45) is 0 Å². The lowest BCUT2D eigenvalue weighted by Gasteiger charge is -2.35. The summed E-state index contributed by atoms with van der Waals surface area (Å²) in [7, 11) is 0. The fourth-order valence-electron chi connectivity index (χ4n) is 3.66. The molecule has 1 heterocycles. The third-order valence-electron chi connectivity index (χ3n) is 5.57. The molecule has 1 amide bonds. The lowest BCUT2D eigenvalue weighted by Crippen LogP contribution is -2.48. The van der Waals surface area contributed by atoms with Crippen LogP contribution in [0.3, 0.4) is 0 Å². The van der Waals surface area contributed by atoms with Crippen LogP contribution in [0.2, 0.25) is 0 Å². The highest BCUT2D eigenvalue weighted by molar-refractivity contribution is 5.96. The van der Waals surface area contributed by atoms with Gasteiger partial charge in [0.2, 0.25) is 5.91 Å². The molecule has 0 spiro atoms. The predicted molar refractivity (Wildman–Crippen MR) is 114 cm³/mol.